The number of aromatic nitrogens is 2. The molecule has 148 valence electrons. The number of anilines is 2. The minimum Gasteiger partial charge on any atom is -0.399 e. The number of aryl methyl sites for hydroxylation is 1. The minimum absolute atomic E-state index is 0. The number of benzene rings is 1. The second-order valence-corrected chi connectivity index (χ2v) is 6.92. The van der Waals surface area contributed by atoms with E-state index in [2.05, 4.69) is 21.9 Å². The first-order valence-electron chi connectivity index (χ1n) is 9.04. The average molecular weight is 394 g/mol. The normalized spacial score (nSPS) is 14.8. The molecule has 1 fully saturated rings. The zero-order valence-corrected chi connectivity index (χ0v) is 16.7. The van der Waals surface area contributed by atoms with Crippen molar-refractivity contribution in [2.24, 2.45) is 14.1 Å². The van der Waals surface area contributed by atoms with Crippen molar-refractivity contribution < 1.29 is 0 Å². The molecule has 0 aliphatic carbocycles. The summed E-state index contributed by atoms with van der Waals surface area (Å²) < 4.78 is 2.69. The molecule has 2 aromatic rings. The summed E-state index contributed by atoms with van der Waals surface area (Å²) in [7, 11) is 3.23. The molecular formula is C19H28ClN5O2. The average Bonchev–Trinajstić information content (AvgIpc) is 2.65. The molecule has 2 heterocycles. The number of nitrogens with two attached hydrogens (primary N) is 1. The number of hydrogen-bond donors (Lipinski definition) is 1. The third-order valence-corrected chi connectivity index (χ3v) is 5.12. The molecule has 0 radical (unpaired) electrons. The van der Waals surface area contributed by atoms with Gasteiger partial charge >= 0.3 is 5.69 Å². The highest BCUT2D eigenvalue weighted by molar-refractivity contribution is 5.85. The third-order valence-electron chi connectivity index (χ3n) is 5.12. The summed E-state index contributed by atoms with van der Waals surface area (Å²) in [6.07, 6.45) is 2.15. The smallest absolute Gasteiger partial charge is 0.332 e. The predicted molar refractivity (Wildman–Crippen MR) is 112 cm³/mol. The molecular weight excluding hydrogens is 366 g/mol. The van der Waals surface area contributed by atoms with Crippen molar-refractivity contribution in [1.29, 1.82) is 0 Å². The zero-order valence-electron chi connectivity index (χ0n) is 15.9. The van der Waals surface area contributed by atoms with Crippen molar-refractivity contribution in [3.63, 3.8) is 0 Å². The highest BCUT2D eigenvalue weighted by Gasteiger charge is 2.19. The molecule has 0 bridgehead atoms. The van der Waals surface area contributed by atoms with Gasteiger partial charge in [-0.05, 0) is 37.1 Å². The predicted octanol–water partition coefficient (Wildman–Crippen LogP) is 0.843. The van der Waals surface area contributed by atoms with Crippen LogP contribution in [0.5, 0.6) is 0 Å². The van der Waals surface area contributed by atoms with Crippen LogP contribution in [0.25, 0.3) is 0 Å². The lowest BCUT2D eigenvalue weighted by molar-refractivity contribution is 0.253. The second kappa shape index (κ2) is 9.10. The van der Waals surface area contributed by atoms with Gasteiger partial charge in [-0.15, -0.1) is 12.4 Å². The van der Waals surface area contributed by atoms with Gasteiger partial charge in [-0.2, -0.15) is 0 Å². The number of hydrogen-bond acceptors (Lipinski definition) is 5. The number of rotatable bonds is 5. The first kappa shape index (κ1) is 21.1. The van der Waals surface area contributed by atoms with Gasteiger partial charge in [0.25, 0.3) is 5.56 Å². The fourth-order valence-corrected chi connectivity index (χ4v) is 3.42. The largest absolute Gasteiger partial charge is 0.399 e. The van der Waals surface area contributed by atoms with E-state index < -0.39 is 0 Å². The van der Waals surface area contributed by atoms with E-state index in [0.29, 0.717) is 5.82 Å². The summed E-state index contributed by atoms with van der Waals surface area (Å²) in [6, 6.07) is 9.62. The Morgan fingerprint density at radius 3 is 2.22 bits per heavy atom. The molecule has 27 heavy (non-hydrogen) atoms. The molecule has 0 unspecified atom stereocenters. The number of piperazine rings is 1. The lowest BCUT2D eigenvalue weighted by Gasteiger charge is -2.36. The van der Waals surface area contributed by atoms with Crippen molar-refractivity contribution >= 4 is 23.9 Å². The van der Waals surface area contributed by atoms with Gasteiger partial charge in [-0.3, -0.25) is 18.8 Å². The van der Waals surface area contributed by atoms with Crippen molar-refractivity contribution in [3.8, 4) is 0 Å². The zero-order chi connectivity index (χ0) is 18.7. The molecule has 0 amide bonds. The Morgan fingerprint density at radius 1 is 0.963 bits per heavy atom. The van der Waals surface area contributed by atoms with Crippen LogP contribution >= 0.6 is 12.4 Å². The Labute approximate surface area is 165 Å². The van der Waals surface area contributed by atoms with E-state index in [9.17, 15) is 9.59 Å². The topological polar surface area (TPSA) is 76.5 Å². The second-order valence-electron chi connectivity index (χ2n) is 6.92. The highest BCUT2D eigenvalue weighted by atomic mass is 35.5. The number of nitrogens with zero attached hydrogens (tertiary/aromatic N) is 4. The van der Waals surface area contributed by atoms with Crippen molar-refractivity contribution in [3.05, 3.63) is 56.7 Å². The summed E-state index contributed by atoms with van der Waals surface area (Å²) in [6.45, 7) is 4.56. The molecule has 1 aliphatic rings. The van der Waals surface area contributed by atoms with Gasteiger partial charge in [-0.25, -0.2) is 4.79 Å². The summed E-state index contributed by atoms with van der Waals surface area (Å²) >= 11 is 0. The van der Waals surface area contributed by atoms with Crippen molar-refractivity contribution in [1.82, 2.24) is 14.0 Å². The maximum absolute atomic E-state index is 12.1. The molecule has 8 heteroatoms. The van der Waals surface area contributed by atoms with Crippen LogP contribution in [0.15, 0.2) is 39.9 Å². The van der Waals surface area contributed by atoms with Gasteiger partial charge in [0, 0.05) is 52.0 Å². The molecule has 2 N–H and O–H groups in total. The number of halogens is 1. The Balaban J connectivity index is 0.00000261. The van der Waals surface area contributed by atoms with Crippen LogP contribution in [0.2, 0.25) is 0 Å². The molecule has 3 rings (SSSR count). The Morgan fingerprint density at radius 2 is 1.59 bits per heavy atom. The fourth-order valence-electron chi connectivity index (χ4n) is 3.42. The first-order valence-corrected chi connectivity index (χ1v) is 9.04. The minimum atomic E-state index is -0.279. The molecule has 0 atom stereocenters. The summed E-state index contributed by atoms with van der Waals surface area (Å²) in [4.78, 5) is 28.6. The van der Waals surface area contributed by atoms with E-state index in [-0.39, 0.29) is 23.7 Å². The number of nitrogen functional groups attached to an aromatic ring is 1. The Kier molecular flexibility index (Phi) is 7.10. The van der Waals surface area contributed by atoms with E-state index in [1.807, 2.05) is 12.1 Å². The lowest BCUT2D eigenvalue weighted by Crippen LogP contribution is -2.49. The van der Waals surface area contributed by atoms with Crippen LogP contribution < -0.4 is 21.9 Å². The van der Waals surface area contributed by atoms with Gasteiger partial charge in [0.1, 0.15) is 5.82 Å². The van der Waals surface area contributed by atoms with Crippen LogP contribution in [0, 0.1) is 0 Å². The van der Waals surface area contributed by atoms with Gasteiger partial charge < -0.3 is 10.6 Å². The summed E-state index contributed by atoms with van der Waals surface area (Å²) in [5, 5.41) is 0. The van der Waals surface area contributed by atoms with Crippen LogP contribution in [0.3, 0.4) is 0 Å². The fraction of sp³-hybridized carbons (Fsp3) is 0.474. The van der Waals surface area contributed by atoms with Crippen LogP contribution in [0.4, 0.5) is 11.5 Å². The molecule has 0 saturated carbocycles. The van der Waals surface area contributed by atoms with Crippen LogP contribution in [-0.2, 0) is 20.5 Å². The lowest BCUT2D eigenvalue weighted by atomic mass is 10.1. The van der Waals surface area contributed by atoms with Crippen molar-refractivity contribution in [2.75, 3.05) is 43.4 Å². The standard InChI is InChI=1S/C19H27N5O2.ClH/c1-21-17(14-18(25)22(2)19(21)26)24-12-10-23(11-13-24)9-3-4-15-5-7-16(20)8-6-15;/h5-8,14H,3-4,9-13,20H2,1-2H3;1H. The Bertz CT molecular complexity index is 867. The SMILES string of the molecule is Cl.Cn1c(N2CCN(CCCc3ccc(N)cc3)CC2)cc(=O)n(C)c1=O. The quantitative estimate of drug-likeness (QED) is 0.762. The van der Waals surface area contributed by atoms with Gasteiger partial charge in [0.15, 0.2) is 0 Å². The summed E-state index contributed by atoms with van der Waals surface area (Å²) in [5.41, 5.74) is 7.29. The van der Waals surface area contributed by atoms with E-state index in [1.54, 1.807) is 17.7 Å². The monoisotopic (exact) mass is 393 g/mol. The van der Waals surface area contributed by atoms with E-state index >= 15 is 0 Å². The summed E-state index contributed by atoms with van der Waals surface area (Å²) in [5.74, 6) is 0.708. The highest BCUT2D eigenvalue weighted by Crippen LogP contribution is 2.13. The Hall–Kier alpha value is -2.25. The van der Waals surface area contributed by atoms with Crippen molar-refractivity contribution in [2.45, 2.75) is 12.8 Å². The van der Waals surface area contributed by atoms with Crippen LogP contribution in [-0.4, -0.2) is 46.8 Å². The molecule has 1 aromatic carbocycles. The van der Waals surface area contributed by atoms with Gasteiger partial charge in [0.05, 0.1) is 0 Å². The molecule has 7 nitrogen and oxygen atoms in total. The van der Waals surface area contributed by atoms with E-state index in [4.69, 9.17) is 5.73 Å². The molecule has 1 saturated heterocycles. The maximum atomic E-state index is 12.1. The molecule has 1 aromatic heterocycles. The molecule has 1 aliphatic heterocycles. The van der Waals surface area contributed by atoms with E-state index in [1.165, 1.54) is 12.6 Å². The maximum Gasteiger partial charge on any atom is 0.332 e. The first-order chi connectivity index (χ1) is 12.5. The molecule has 0 spiro atoms. The van der Waals surface area contributed by atoms with Crippen LogP contribution in [0.1, 0.15) is 12.0 Å². The third kappa shape index (κ3) is 4.93. The van der Waals surface area contributed by atoms with Gasteiger partial charge in [0.2, 0.25) is 0 Å². The van der Waals surface area contributed by atoms with Gasteiger partial charge in [-0.1, -0.05) is 12.1 Å². The van der Waals surface area contributed by atoms with E-state index in [0.717, 1.165) is 55.8 Å².